The van der Waals surface area contributed by atoms with E-state index < -0.39 is 0 Å². The molecule has 0 heterocycles. The zero-order chi connectivity index (χ0) is 10.1. The van der Waals surface area contributed by atoms with Crippen molar-refractivity contribution in [1.82, 2.24) is 0 Å². The molecule has 0 unspecified atom stereocenters. The average molecular weight is 185 g/mol. The minimum Gasteiger partial charge on any atom is -0.258 e. The van der Waals surface area contributed by atoms with E-state index in [1.807, 2.05) is 24.3 Å². The third kappa shape index (κ3) is 1.25. The lowest BCUT2D eigenvalue weighted by atomic mass is 9.88. The smallest absolute Gasteiger partial charge is 0.258 e. The average Bonchev–Trinajstić information content (AvgIpc) is 2.18. The van der Waals surface area contributed by atoms with Crippen LogP contribution in [-0.2, 0) is 0 Å². The molecule has 68 valence electrons. The lowest BCUT2D eigenvalue weighted by Crippen LogP contribution is -2.10. The molecule has 0 saturated heterocycles. The number of nitro groups is 1. The van der Waals surface area contributed by atoms with Crippen molar-refractivity contribution in [1.29, 1.82) is 0 Å². The molecule has 0 aliphatic heterocycles. The molecule has 0 atom stereocenters. The van der Waals surface area contributed by atoms with Gasteiger partial charge in [0.1, 0.15) is 7.85 Å². The van der Waals surface area contributed by atoms with Crippen LogP contribution < -0.4 is 5.46 Å². The van der Waals surface area contributed by atoms with Crippen LogP contribution in [0.2, 0.25) is 0 Å². The first-order chi connectivity index (χ1) is 6.70. The van der Waals surface area contributed by atoms with Crippen molar-refractivity contribution in [3.8, 4) is 0 Å². The number of nitrogens with zero attached hydrogens (tertiary/aromatic N) is 1. The fraction of sp³-hybridized carbons (Fsp3) is 0. The fourth-order valence-electron chi connectivity index (χ4n) is 1.61. The first-order valence-electron chi connectivity index (χ1n) is 4.33. The Morgan fingerprint density at radius 1 is 1.14 bits per heavy atom. The van der Waals surface area contributed by atoms with Gasteiger partial charge >= 0.3 is 0 Å². The van der Waals surface area contributed by atoms with Crippen LogP contribution in [0.3, 0.4) is 0 Å². The van der Waals surface area contributed by atoms with Crippen LogP contribution in [0.1, 0.15) is 0 Å². The van der Waals surface area contributed by atoms with E-state index in [-0.39, 0.29) is 10.6 Å². The highest BCUT2D eigenvalue weighted by Gasteiger charge is 2.11. The van der Waals surface area contributed by atoms with Crippen LogP contribution in [0.5, 0.6) is 0 Å². The van der Waals surface area contributed by atoms with Gasteiger partial charge < -0.3 is 0 Å². The van der Waals surface area contributed by atoms with Crippen molar-refractivity contribution in [2.75, 3.05) is 0 Å². The second-order valence-corrected chi connectivity index (χ2v) is 3.19. The maximum Gasteiger partial charge on any atom is 0.263 e. The van der Waals surface area contributed by atoms with E-state index in [9.17, 15) is 10.1 Å². The van der Waals surface area contributed by atoms with Crippen molar-refractivity contribution in [3.05, 3.63) is 46.5 Å². The number of rotatable bonds is 1. The molecule has 2 aromatic carbocycles. The van der Waals surface area contributed by atoms with E-state index >= 15 is 0 Å². The van der Waals surface area contributed by atoms with Crippen LogP contribution >= 0.6 is 0 Å². The number of benzene rings is 2. The highest BCUT2D eigenvalue weighted by Crippen LogP contribution is 2.16. The summed E-state index contributed by atoms with van der Waals surface area (Å²) in [7, 11) is 1.78. The lowest BCUT2D eigenvalue weighted by Gasteiger charge is -2.02. The van der Waals surface area contributed by atoms with Crippen molar-refractivity contribution in [2.45, 2.75) is 0 Å². The van der Waals surface area contributed by atoms with Crippen LogP contribution in [0.15, 0.2) is 36.4 Å². The zero-order valence-corrected chi connectivity index (χ0v) is 7.73. The van der Waals surface area contributed by atoms with E-state index in [0.717, 1.165) is 16.2 Å². The van der Waals surface area contributed by atoms with Gasteiger partial charge in [0.15, 0.2) is 0 Å². The molecule has 0 bridgehead atoms. The number of hydrogen-bond acceptors (Lipinski definition) is 2. The van der Waals surface area contributed by atoms with Gasteiger partial charge in [-0.05, 0) is 22.3 Å². The Morgan fingerprint density at radius 2 is 1.86 bits per heavy atom. The summed E-state index contributed by atoms with van der Waals surface area (Å²) in [5.41, 5.74) is 0.914. The highest BCUT2D eigenvalue weighted by atomic mass is 16.6. The summed E-state index contributed by atoms with van der Waals surface area (Å²) < 4.78 is 0. The van der Waals surface area contributed by atoms with Crippen molar-refractivity contribution in [3.63, 3.8) is 0 Å². The molecule has 0 fully saturated rings. The molecule has 0 spiro atoms. The molecule has 2 aromatic rings. The fourth-order valence-corrected chi connectivity index (χ4v) is 1.61. The van der Waals surface area contributed by atoms with Gasteiger partial charge in [0.2, 0.25) is 0 Å². The minimum atomic E-state index is -0.345. The van der Waals surface area contributed by atoms with Gasteiger partial charge in [-0.25, -0.2) is 0 Å². The minimum absolute atomic E-state index is 0.184. The standard InChI is InChI=1S/C10H8BNO2/c11-10-8-4-2-1-3-7(8)5-6-9(10)12(13)14/h1-6H,11H2. The van der Waals surface area contributed by atoms with E-state index in [1.165, 1.54) is 0 Å². The predicted octanol–water partition coefficient (Wildman–Crippen LogP) is 1.01. The summed E-state index contributed by atoms with van der Waals surface area (Å²) in [6.07, 6.45) is 0. The summed E-state index contributed by atoms with van der Waals surface area (Å²) in [5.74, 6) is 0. The summed E-state index contributed by atoms with van der Waals surface area (Å²) in [6.45, 7) is 0. The summed E-state index contributed by atoms with van der Waals surface area (Å²) in [5, 5.41) is 12.7. The van der Waals surface area contributed by atoms with Gasteiger partial charge in [0, 0.05) is 6.07 Å². The van der Waals surface area contributed by atoms with Crippen molar-refractivity contribution >= 4 is 29.8 Å². The first-order valence-corrected chi connectivity index (χ1v) is 4.33. The monoisotopic (exact) mass is 185 g/mol. The Kier molecular flexibility index (Phi) is 1.96. The van der Waals surface area contributed by atoms with Crippen molar-refractivity contribution in [2.24, 2.45) is 0 Å². The Hall–Kier alpha value is -1.84. The van der Waals surface area contributed by atoms with Gasteiger partial charge in [-0.3, -0.25) is 10.1 Å². The third-order valence-corrected chi connectivity index (χ3v) is 2.37. The molecule has 0 N–H and O–H groups in total. The highest BCUT2D eigenvalue weighted by molar-refractivity contribution is 6.41. The number of nitro benzene ring substituents is 1. The third-order valence-electron chi connectivity index (χ3n) is 2.37. The molecular weight excluding hydrogens is 177 g/mol. The van der Waals surface area contributed by atoms with E-state index in [2.05, 4.69) is 0 Å². The lowest BCUT2D eigenvalue weighted by molar-refractivity contribution is -0.383. The molecule has 0 aliphatic carbocycles. The Bertz CT molecular complexity index is 510. The topological polar surface area (TPSA) is 43.1 Å². The Labute approximate surface area is 81.9 Å². The van der Waals surface area contributed by atoms with Crippen LogP contribution in [0, 0.1) is 10.1 Å². The maximum absolute atomic E-state index is 10.7. The molecule has 2 rings (SSSR count). The van der Waals surface area contributed by atoms with E-state index in [0.29, 0.717) is 0 Å². The molecule has 14 heavy (non-hydrogen) atoms. The van der Waals surface area contributed by atoms with Crippen LogP contribution in [0.4, 0.5) is 5.69 Å². The van der Waals surface area contributed by atoms with Gasteiger partial charge in [-0.1, -0.05) is 24.3 Å². The first kappa shape index (κ1) is 8.75. The zero-order valence-electron chi connectivity index (χ0n) is 7.73. The van der Waals surface area contributed by atoms with Crippen LogP contribution in [0.25, 0.3) is 10.8 Å². The maximum atomic E-state index is 10.7. The summed E-state index contributed by atoms with van der Waals surface area (Å²) >= 11 is 0. The second-order valence-electron chi connectivity index (χ2n) is 3.19. The van der Waals surface area contributed by atoms with E-state index in [1.54, 1.807) is 20.0 Å². The summed E-state index contributed by atoms with van der Waals surface area (Å²) in [6, 6.07) is 11.0. The predicted molar refractivity (Wildman–Crippen MR) is 58.8 cm³/mol. The van der Waals surface area contributed by atoms with Gasteiger partial charge in [0.05, 0.1) is 4.92 Å². The van der Waals surface area contributed by atoms with Crippen molar-refractivity contribution < 1.29 is 4.92 Å². The molecule has 0 aliphatic rings. The van der Waals surface area contributed by atoms with E-state index in [4.69, 9.17) is 0 Å². The molecule has 0 radical (unpaired) electrons. The SMILES string of the molecule is Bc1c([N+](=O)[O-])ccc2ccccc12. The summed E-state index contributed by atoms with van der Waals surface area (Å²) in [4.78, 5) is 10.3. The van der Waals surface area contributed by atoms with Crippen LogP contribution in [-0.4, -0.2) is 12.8 Å². The van der Waals surface area contributed by atoms with Gasteiger partial charge in [0.25, 0.3) is 5.69 Å². The second kappa shape index (κ2) is 3.14. The van der Waals surface area contributed by atoms with Gasteiger partial charge in [-0.2, -0.15) is 0 Å². The Morgan fingerprint density at radius 3 is 2.57 bits per heavy atom. The quantitative estimate of drug-likeness (QED) is 0.378. The molecular formula is C10H8BNO2. The molecule has 0 saturated carbocycles. The normalized spacial score (nSPS) is 10.3. The number of fused-ring (bicyclic) bond motifs is 1. The molecule has 0 amide bonds. The largest absolute Gasteiger partial charge is 0.263 e. The van der Waals surface area contributed by atoms with Gasteiger partial charge in [-0.15, -0.1) is 0 Å². The Balaban J connectivity index is 2.81. The molecule has 3 nitrogen and oxygen atoms in total. The molecule has 4 heteroatoms. The molecule has 0 aromatic heterocycles. The number of hydrogen-bond donors (Lipinski definition) is 0.